The second kappa shape index (κ2) is 11.4. The number of amides is 2. The lowest BCUT2D eigenvalue weighted by Gasteiger charge is -2.35. The van der Waals surface area contributed by atoms with E-state index >= 15 is 0 Å². The molecule has 212 valence electrons. The molecule has 2 aromatic heterocycles. The van der Waals surface area contributed by atoms with E-state index in [-0.39, 0.29) is 24.1 Å². The van der Waals surface area contributed by atoms with Gasteiger partial charge in [0.25, 0.3) is 0 Å². The predicted molar refractivity (Wildman–Crippen MR) is 143 cm³/mol. The minimum absolute atomic E-state index is 0.0622. The van der Waals surface area contributed by atoms with Gasteiger partial charge in [-0.2, -0.15) is 5.10 Å². The molecule has 0 radical (unpaired) electrons. The summed E-state index contributed by atoms with van der Waals surface area (Å²) in [5.41, 5.74) is 3.21. The van der Waals surface area contributed by atoms with Crippen molar-refractivity contribution in [2.45, 2.75) is 57.4 Å². The fraction of sp³-hybridized carbons (Fsp3) is 0.500. The van der Waals surface area contributed by atoms with Crippen molar-refractivity contribution in [3.05, 3.63) is 53.6 Å². The van der Waals surface area contributed by atoms with Gasteiger partial charge in [-0.15, -0.1) is 0 Å². The van der Waals surface area contributed by atoms with E-state index in [4.69, 9.17) is 19.4 Å². The molecule has 0 bridgehead atoms. The van der Waals surface area contributed by atoms with Gasteiger partial charge in [0, 0.05) is 70.4 Å². The Balaban J connectivity index is 1.26. The number of rotatable bonds is 5. The number of ether oxygens (including phenoxy) is 2. The number of hydrogen-bond donors (Lipinski definition) is 1. The standard InChI is InChI=1S/C28H33F2N7O3/c1-31-28(38)36-12-9-22-23(17-36)33-26(18-15-32-37(16-18)25-4-2-3-13-39-25)27(34-22)35-10-7-20(8-11-35)40-24-6-5-19(29)14-21(24)30/h5-6,14-16,20,25H,2-4,7-13,17H2,1H3,(H,31,38). The zero-order chi connectivity index (χ0) is 27.6. The van der Waals surface area contributed by atoms with Crippen LogP contribution in [0.4, 0.5) is 19.4 Å². The number of benzene rings is 1. The normalized spacial score (nSPS) is 19.8. The van der Waals surface area contributed by atoms with Crippen LogP contribution in [-0.2, 0) is 17.7 Å². The summed E-state index contributed by atoms with van der Waals surface area (Å²) in [6.07, 6.45) is 8.43. The minimum atomic E-state index is -0.699. The predicted octanol–water partition coefficient (Wildman–Crippen LogP) is 4.06. The van der Waals surface area contributed by atoms with Crippen molar-refractivity contribution in [1.82, 2.24) is 30.0 Å². The van der Waals surface area contributed by atoms with E-state index in [0.717, 1.165) is 54.7 Å². The second-order valence-electron chi connectivity index (χ2n) is 10.4. The first-order chi connectivity index (χ1) is 19.5. The quantitative estimate of drug-likeness (QED) is 0.509. The fourth-order valence-electron chi connectivity index (χ4n) is 5.55. The molecule has 0 spiro atoms. The Bertz CT molecular complexity index is 1370. The Hall–Kier alpha value is -3.80. The van der Waals surface area contributed by atoms with Crippen LogP contribution in [0.1, 0.15) is 49.7 Å². The van der Waals surface area contributed by atoms with Gasteiger partial charge in [0.1, 0.15) is 23.8 Å². The van der Waals surface area contributed by atoms with Crippen LogP contribution in [0, 0.1) is 11.6 Å². The molecule has 10 nitrogen and oxygen atoms in total. The molecule has 0 saturated carbocycles. The molecule has 3 aliphatic heterocycles. The molecule has 2 amide bonds. The Morgan fingerprint density at radius 2 is 1.95 bits per heavy atom. The van der Waals surface area contributed by atoms with Crippen LogP contribution in [-0.4, -0.2) is 70.1 Å². The van der Waals surface area contributed by atoms with Crippen molar-refractivity contribution in [2.24, 2.45) is 0 Å². The van der Waals surface area contributed by atoms with Gasteiger partial charge < -0.3 is 24.6 Å². The Morgan fingerprint density at radius 3 is 2.70 bits per heavy atom. The van der Waals surface area contributed by atoms with Crippen molar-refractivity contribution < 1.29 is 23.0 Å². The van der Waals surface area contributed by atoms with E-state index in [9.17, 15) is 13.6 Å². The maximum atomic E-state index is 14.1. The summed E-state index contributed by atoms with van der Waals surface area (Å²) >= 11 is 0. The van der Waals surface area contributed by atoms with Crippen molar-refractivity contribution in [2.75, 3.05) is 38.2 Å². The Kier molecular flexibility index (Phi) is 7.50. The third kappa shape index (κ3) is 5.45. The van der Waals surface area contributed by atoms with E-state index in [1.165, 1.54) is 12.1 Å². The fourth-order valence-corrected chi connectivity index (χ4v) is 5.55. The highest BCUT2D eigenvalue weighted by Crippen LogP contribution is 2.34. The van der Waals surface area contributed by atoms with Crippen molar-refractivity contribution in [1.29, 1.82) is 0 Å². The third-order valence-corrected chi connectivity index (χ3v) is 7.75. The van der Waals surface area contributed by atoms with Crippen molar-refractivity contribution in [3.63, 3.8) is 0 Å². The first-order valence-electron chi connectivity index (χ1n) is 13.9. The molecule has 2 saturated heterocycles. The molecular formula is C28H33F2N7O3. The zero-order valence-electron chi connectivity index (χ0n) is 22.5. The van der Waals surface area contributed by atoms with Gasteiger partial charge in [-0.1, -0.05) is 0 Å². The smallest absolute Gasteiger partial charge is 0.317 e. The number of fused-ring (bicyclic) bond motifs is 1. The summed E-state index contributed by atoms with van der Waals surface area (Å²) in [4.78, 5) is 26.4. The summed E-state index contributed by atoms with van der Waals surface area (Å²) in [5.74, 6) is -0.500. The Labute approximate surface area is 231 Å². The lowest BCUT2D eigenvalue weighted by Crippen LogP contribution is -2.42. The van der Waals surface area contributed by atoms with Gasteiger partial charge in [0.2, 0.25) is 0 Å². The monoisotopic (exact) mass is 553 g/mol. The topological polar surface area (TPSA) is 97.6 Å². The SMILES string of the molecule is CNC(=O)N1CCc2nc(N3CCC(Oc4ccc(F)cc4F)CC3)c(-c3cnn(C4CCCCO4)c3)nc2C1. The molecule has 2 fully saturated rings. The van der Waals surface area contributed by atoms with Gasteiger partial charge >= 0.3 is 6.03 Å². The minimum Gasteiger partial charge on any atom is -0.487 e. The lowest BCUT2D eigenvalue weighted by molar-refractivity contribution is -0.0394. The molecule has 1 aromatic carbocycles. The molecule has 0 aliphatic carbocycles. The molecule has 3 aromatic rings. The largest absolute Gasteiger partial charge is 0.487 e. The Morgan fingerprint density at radius 1 is 1.10 bits per heavy atom. The highest BCUT2D eigenvalue weighted by Gasteiger charge is 2.30. The number of urea groups is 1. The van der Waals surface area contributed by atoms with Crippen LogP contribution >= 0.6 is 0 Å². The molecule has 40 heavy (non-hydrogen) atoms. The molecule has 12 heteroatoms. The molecule has 6 rings (SSSR count). The number of nitrogens with zero attached hydrogens (tertiary/aromatic N) is 6. The van der Waals surface area contributed by atoms with Crippen molar-refractivity contribution >= 4 is 11.8 Å². The summed E-state index contributed by atoms with van der Waals surface area (Å²) in [6, 6.07) is 3.23. The maximum Gasteiger partial charge on any atom is 0.317 e. The number of carbonyl (C=O) groups excluding carboxylic acids is 1. The van der Waals surface area contributed by atoms with E-state index in [2.05, 4.69) is 15.3 Å². The summed E-state index contributed by atoms with van der Waals surface area (Å²) in [5, 5.41) is 7.28. The van der Waals surface area contributed by atoms with Crippen LogP contribution in [0.5, 0.6) is 5.75 Å². The van der Waals surface area contributed by atoms with E-state index in [1.807, 2.05) is 10.9 Å². The average molecular weight is 554 g/mol. The van der Waals surface area contributed by atoms with Crippen LogP contribution in [0.15, 0.2) is 30.6 Å². The number of halogens is 2. The van der Waals surface area contributed by atoms with Gasteiger partial charge in [-0.05, 0) is 31.4 Å². The average Bonchev–Trinajstić information content (AvgIpc) is 3.48. The molecule has 3 aliphatic rings. The highest BCUT2D eigenvalue weighted by molar-refractivity contribution is 5.75. The van der Waals surface area contributed by atoms with Crippen LogP contribution in [0.25, 0.3) is 11.3 Å². The molecular weight excluding hydrogens is 520 g/mol. The summed E-state index contributed by atoms with van der Waals surface area (Å²) < 4.78 is 41.1. The lowest BCUT2D eigenvalue weighted by atomic mass is 10.1. The number of anilines is 1. The first-order valence-corrected chi connectivity index (χ1v) is 13.9. The number of aromatic nitrogens is 4. The van der Waals surface area contributed by atoms with Gasteiger partial charge in [0.05, 0.1) is 24.1 Å². The number of piperidine rings is 1. The van der Waals surface area contributed by atoms with Gasteiger partial charge in [-0.25, -0.2) is 28.2 Å². The highest BCUT2D eigenvalue weighted by atomic mass is 19.1. The van der Waals surface area contributed by atoms with Crippen LogP contribution in [0.3, 0.4) is 0 Å². The first kappa shape index (κ1) is 26.4. The van der Waals surface area contributed by atoms with Gasteiger partial charge in [0.15, 0.2) is 17.4 Å². The number of carbonyl (C=O) groups is 1. The van der Waals surface area contributed by atoms with Crippen molar-refractivity contribution in [3.8, 4) is 17.0 Å². The number of nitrogens with one attached hydrogen (secondary N) is 1. The summed E-state index contributed by atoms with van der Waals surface area (Å²) in [6.45, 7) is 2.94. The maximum absolute atomic E-state index is 14.1. The van der Waals surface area contributed by atoms with Crippen LogP contribution < -0.4 is 15.0 Å². The van der Waals surface area contributed by atoms with E-state index < -0.39 is 11.6 Å². The molecule has 1 atom stereocenters. The van der Waals surface area contributed by atoms with E-state index in [0.29, 0.717) is 51.1 Å². The van der Waals surface area contributed by atoms with E-state index in [1.54, 1.807) is 18.1 Å². The van der Waals surface area contributed by atoms with Gasteiger partial charge in [-0.3, -0.25) is 0 Å². The molecule has 1 N–H and O–H groups in total. The zero-order valence-corrected chi connectivity index (χ0v) is 22.5. The summed E-state index contributed by atoms with van der Waals surface area (Å²) in [7, 11) is 1.62. The molecule has 1 unspecified atom stereocenters. The van der Waals surface area contributed by atoms with Crippen LogP contribution in [0.2, 0.25) is 0 Å². The molecule has 5 heterocycles. The third-order valence-electron chi connectivity index (χ3n) is 7.75. The number of hydrogen-bond acceptors (Lipinski definition) is 7. The second-order valence-corrected chi connectivity index (χ2v) is 10.4.